The van der Waals surface area contributed by atoms with Gasteiger partial charge in [0.1, 0.15) is 0 Å². The van der Waals surface area contributed by atoms with Crippen molar-refractivity contribution >= 4 is 5.97 Å². The number of aliphatic hydroxyl groups is 1. The van der Waals surface area contributed by atoms with Crippen molar-refractivity contribution in [2.45, 2.75) is 37.7 Å². The summed E-state index contributed by atoms with van der Waals surface area (Å²) in [6.45, 7) is 1.32. The number of rotatable bonds is 4. The van der Waals surface area contributed by atoms with Crippen molar-refractivity contribution in [1.82, 2.24) is 0 Å². The lowest BCUT2D eigenvalue weighted by molar-refractivity contribution is -0.156. The molecule has 3 heteroatoms. The first-order valence-corrected chi connectivity index (χ1v) is 5.53. The third-order valence-corrected chi connectivity index (χ3v) is 3.04. The molecule has 1 aromatic rings. The van der Waals surface area contributed by atoms with E-state index in [1.807, 2.05) is 24.3 Å². The topological polar surface area (TPSA) is 57.5 Å². The third-order valence-electron chi connectivity index (χ3n) is 3.04. The van der Waals surface area contributed by atoms with Crippen LogP contribution in [0.25, 0.3) is 0 Å². The predicted molar refractivity (Wildman–Crippen MR) is 60.4 cm³/mol. The Morgan fingerprint density at radius 3 is 2.38 bits per heavy atom. The molecule has 2 N–H and O–H groups in total. The van der Waals surface area contributed by atoms with Gasteiger partial charge >= 0.3 is 5.97 Å². The number of aliphatic carboxylic acids is 1. The van der Waals surface area contributed by atoms with Gasteiger partial charge in [-0.1, -0.05) is 24.3 Å². The summed E-state index contributed by atoms with van der Waals surface area (Å²) in [6, 6.07) is 7.88. The fourth-order valence-corrected chi connectivity index (χ4v) is 1.80. The summed E-state index contributed by atoms with van der Waals surface area (Å²) in [7, 11) is 0. The molecule has 0 spiro atoms. The minimum atomic E-state index is -1.68. The second kappa shape index (κ2) is 3.91. The number of benzene rings is 1. The lowest BCUT2D eigenvalue weighted by Crippen LogP contribution is -2.37. The summed E-state index contributed by atoms with van der Waals surface area (Å²) >= 11 is 0. The highest BCUT2D eigenvalue weighted by Crippen LogP contribution is 2.39. The maximum atomic E-state index is 10.8. The van der Waals surface area contributed by atoms with E-state index in [1.54, 1.807) is 0 Å². The van der Waals surface area contributed by atoms with Crippen molar-refractivity contribution in [3.63, 3.8) is 0 Å². The van der Waals surface area contributed by atoms with Crippen molar-refractivity contribution < 1.29 is 15.0 Å². The molecule has 1 unspecified atom stereocenters. The number of carboxylic acid groups (broad SMARTS) is 1. The monoisotopic (exact) mass is 220 g/mol. The summed E-state index contributed by atoms with van der Waals surface area (Å²) in [5.74, 6) is -0.479. The van der Waals surface area contributed by atoms with Crippen LogP contribution < -0.4 is 0 Å². The van der Waals surface area contributed by atoms with E-state index < -0.39 is 11.6 Å². The summed E-state index contributed by atoms with van der Waals surface area (Å²) in [5.41, 5.74) is 0.497. The van der Waals surface area contributed by atoms with Gasteiger partial charge < -0.3 is 10.2 Å². The van der Waals surface area contributed by atoms with Crippen molar-refractivity contribution in [3.05, 3.63) is 35.4 Å². The lowest BCUT2D eigenvalue weighted by atomic mass is 9.95. The van der Waals surface area contributed by atoms with E-state index in [2.05, 4.69) is 0 Å². The third kappa shape index (κ3) is 2.42. The minimum Gasteiger partial charge on any atom is -0.479 e. The highest BCUT2D eigenvalue weighted by Gasteiger charge is 2.30. The van der Waals surface area contributed by atoms with Crippen LogP contribution in [0.3, 0.4) is 0 Å². The van der Waals surface area contributed by atoms with Crippen LogP contribution in [-0.4, -0.2) is 21.8 Å². The molecule has 0 heterocycles. The zero-order valence-electron chi connectivity index (χ0n) is 9.31. The zero-order valence-corrected chi connectivity index (χ0v) is 9.31. The minimum absolute atomic E-state index is 0.146. The molecule has 0 saturated heterocycles. The smallest absolute Gasteiger partial charge is 0.335 e. The van der Waals surface area contributed by atoms with Gasteiger partial charge in [0, 0.05) is 6.42 Å². The standard InChI is InChI=1S/C13H16O3/c1-13(16,12(14)15)8-9-2-4-10(5-3-9)11-6-7-11/h2-5,11,16H,6-8H2,1H3,(H,14,15). The second-order valence-electron chi connectivity index (χ2n) is 4.77. The van der Waals surface area contributed by atoms with E-state index in [0.717, 1.165) is 5.56 Å². The molecule has 1 aliphatic carbocycles. The van der Waals surface area contributed by atoms with Gasteiger partial charge in [-0.05, 0) is 36.8 Å². The van der Waals surface area contributed by atoms with E-state index in [4.69, 9.17) is 5.11 Å². The predicted octanol–water partition coefficient (Wildman–Crippen LogP) is 1.94. The molecule has 0 aliphatic heterocycles. The van der Waals surface area contributed by atoms with Crippen molar-refractivity contribution in [2.75, 3.05) is 0 Å². The van der Waals surface area contributed by atoms with Gasteiger partial charge in [-0.3, -0.25) is 0 Å². The van der Waals surface area contributed by atoms with Gasteiger partial charge in [0.15, 0.2) is 5.60 Å². The van der Waals surface area contributed by atoms with Crippen molar-refractivity contribution in [1.29, 1.82) is 0 Å². The van der Waals surface area contributed by atoms with Crippen molar-refractivity contribution in [3.8, 4) is 0 Å². The Morgan fingerprint density at radius 2 is 1.94 bits per heavy atom. The Bertz CT molecular complexity index is 388. The molecule has 0 amide bonds. The largest absolute Gasteiger partial charge is 0.479 e. The fourth-order valence-electron chi connectivity index (χ4n) is 1.80. The summed E-state index contributed by atoms with van der Waals surface area (Å²) < 4.78 is 0. The van der Waals surface area contributed by atoms with Gasteiger partial charge in [0.05, 0.1) is 0 Å². The lowest BCUT2D eigenvalue weighted by Gasteiger charge is -2.17. The molecule has 1 saturated carbocycles. The fraction of sp³-hybridized carbons (Fsp3) is 0.462. The average Bonchev–Trinajstić information content (AvgIpc) is 3.01. The van der Waals surface area contributed by atoms with E-state index in [1.165, 1.54) is 25.3 Å². The summed E-state index contributed by atoms with van der Waals surface area (Å²) in [6.07, 6.45) is 2.66. The highest BCUT2D eigenvalue weighted by atomic mass is 16.4. The molecule has 1 atom stereocenters. The second-order valence-corrected chi connectivity index (χ2v) is 4.77. The number of carboxylic acids is 1. The SMILES string of the molecule is CC(O)(Cc1ccc(C2CC2)cc1)C(=O)O. The molecule has 1 fully saturated rings. The van der Waals surface area contributed by atoms with Gasteiger partial charge in [0.25, 0.3) is 0 Å². The average molecular weight is 220 g/mol. The van der Waals surface area contributed by atoms with Crippen molar-refractivity contribution in [2.24, 2.45) is 0 Å². The Kier molecular flexibility index (Phi) is 2.72. The first-order valence-electron chi connectivity index (χ1n) is 5.53. The van der Waals surface area contributed by atoms with Crippen LogP contribution in [0, 0.1) is 0 Å². The maximum absolute atomic E-state index is 10.8. The van der Waals surface area contributed by atoms with E-state index in [0.29, 0.717) is 5.92 Å². The van der Waals surface area contributed by atoms with E-state index in [-0.39, 0.29) is 6.42 Å². The highest BCUT2D eigenvalue weighted by molar-refractivity contribution is 5.76. The first kappa shape index (κ1) is 11.1. The quantitative estimate of drug-likeness (QED) is 0.815. The van der Waals surface area contributed by atoms with Crippen LogP contribution in [0.15, 0.2) is 24.3 Å². The Labute approximate surface area is 94.7 Å². The Balaban J connectivity index is 2.07. The van der Waals surface area contributed by atoms with Crippen LogP contribution in [0.5, 0.6) is 0 Å². The van der Waals surface area contributed by atoms with E-state index in [9.17, 15) is 9.90 Å². The van der Waals surface area contributed by atoms with Crippen LogP contribution in [0.2, 0.25) is 0 Å². The van der Waals surface area contributed by atoms with Crippen LogP contribution >= 0.6 is 0 Å². The molecule has 0 aromatic heterocycles. The molecular weight excluding hydrogens is 204 g/mol. The number of hydrogen-bond donors (Lipinski definition) is 2. The number of hydrogen-bond acceptors (Lipinski definition) is 2. The zero-order chi connectivity index (χ0) is 11.8. The molecule has 2 rings (SSSR count). The normalized spacial score (nSPS) is 19.1. The van der Waals surface area contributed by atoms with Crippen LogP contribution in [-0.2, 0) is 11.2 Å². The molecule has 3 nitrogen and oxygen atoms in total. The molecule has 16 heavy (non-hydrogen) atoms. The first-order chi connectivity index (χ1) is 7.49. The van der Waals surface area contributed by atoms with Gasteiger partial charge in [-0.2, -0.15) is 0 Å². The maximum Gasteiger partial charge on any atom is 0.335 e. The van der Waals surface area contributed by atoms with Gasteiger partial charge in [-0.15, -0.1) is 0 Å². The Hall–Kier alpha value is -1.35. The van der Waals surface area contributed by atoms with Gasteiger partial charge in [-0.25, -0.2) is 4.79 Å². The number of carbonyl (C=O) groups is 1. The van der Waals surface area contributed by atoms with Gasteiger partial charge in [0.2, 0.25) is 0 Å². The molecular formula is C13H16O3. The summed E-state index contributed by atoms with van der Waals surface area (Å²) in [4.78, 5) is 10.8. The Morgan fingerprint density at radius 1 is 1.38 bits per heavy atom. The molecule has 0 radical (unpaired) electrons. The van der Waals surface area contributed by atoms with Crippen LogP contribution in [0.4, 0.5) is 0 Å². The van der Waals surface area contributed by atoms with Crippen LogP contribution in [0.1, 0.15) is 36.8 Å². The molecule has 86 valence electrons. The molecule has 1 aromatic carbocycles. The summed E-state index contributed by atoms with van der Waals surface area (Å²) in [5, 5.41) is 18.4. The molecule has 1 aliphatic rings. The van der Waals surface area contributed by atoms with E-state index >= 15 is 0 Å². The molecule has 0 bridgehead atoms.